The van der Waals surface area contributed by atoms with E-state index in [4.69, 9.17) is 9.47 Å². The Bertz CT molecular complexity index is 1610. The van der Waals surface area contributed by atoms with Crippen molar-refractivity contribution in [2.24, 2.45) is 0 Å². The van der Waals surface area contributed by atoms with Crippen molar-refractivity contribution >= 4 is 35.8 Å². The van der Waals surface area contributed by atoms with E-state index in [-0.39, 0.29) is 44.9 Å². The minimum atomic E-state index is -0.840. The SMILES string of the molecule is CC(C)(C)c1cc(OC(=O)c2ccc3c(c2)C(=O)OC3=O)ccc1OC(=O)c1ccc2c(c1)C(=O)OC2=O. The molecule has 3 aromatic carbocycles. The molecule has 2 heterocycles. The van der Waals surface area contributed by atoms with E-state index in [1.54, 1.807) is 6.07 Å². The molecule has 190 valence electrons. The lowest BCUT2D eigenvalue weighted by atomic mass is 9.86. The summed E-state index contributed by atoms with van der Waals surface area (Å²) in [5.74, 6) is -4.44. The third-order valence-corrected chi connectivity index (χ3v) is 5.93. The Morgan fingerprint density at radius 3 is 1.58 bits per heavy atom. The van der Waals surface area contributed by atoms with E-state index in [0.29, 0.717) is 5.56 Å². The van der Waals surface area contributed by atoms with Crippen LogP contribution in [0, 0.1) is 0 Å². The molecule has 10 nitrogen and oxygen atoms in total. The molecule has 0 bridgehead atoms. The highest BCUT2D eigenvalue weighted by Gasteiger charge is 2.32. The minimum absolute atomic E-state index is 0.0214. The number of ether oxygens (including phenoxy) is 4. The summed E-state index contributed by atoms with van der Waals surface area (Å²) >= 11 is 0. The summed E-state index contributed by atoms with van der Waals surface area (Å²) in [6.45, 7) is 5.60. The van der Waals surface area contributed by atoms with E-state index in [1.807, 2.05) is 20.8 Å². The standard InChI is InChI=1S/C28H18O10/c1-28(2,3)20-12-15(35-22(29)13-4-7-16-18(10-13)26(33)37-24(16)31)6-9-21(20)36-23(30)14-5-8-17-19(11-14)27(34)38-25(17)32/h4-12H,1-3H3. The fourth-order valence-electron chi connectivity index (χ4n) is 4.00. The van der Waals surface area contributed by atoms with Gasteiger partial charge in [-0.15, -0.1) is 0 Å². The second kappa shape index (κ2) is 8.77. The van der Waals surface area contributed by atoms with Gasteiger partial charge < -0.3 is 18.9 Å². The van der Waals surface area contributed by atoms with Crippen LogP contribution >= 0.6 is 0 Å². The van der Waals surface area contributed by atoms with Gasteiger partial charge in [-0.1, -0.05) is 20.8 Å². The first-order valence-electron chi connectivity index (χ1n) is 11.3. The maximum absolute atomic E-state index is 12.9. The molecular formula is C28H18O10. The molecule has 0 atom stereocenters. The molecule has 0 fully saturated rings. The van der Waals surface area contributed by atoms with Crippen LogP contribution in [0.4, 0.5) is 0 Å². The molecule has 38 heavy (non-hydrogen) atoms. The molecule has 5 rings (SSSR count). The quantitative estimate of drug-likeness (QED) is 0.285. The number of benzene rings is 3. The number of hydrogen-bond acceptors (Lipinski definition) is 10. The number of cyclic esters (lactones) is 4. The molecular weight excluding hydrogens is 496 g/mol. The van der Waals surface area contributed by atoms with Gasteiger partial charge in [-0.2, -0.15) is 0 Å². The van der Waals surface area contributed by atoms with Gasteiger partial charge in [-0.3, -0.25) is 0 Å². The molecule has 2 aliphatic heterocycles. The first-order valence-corrected chi connectivity index (χ1v) is 11.3. The van der Waals surface area contributed by atoms with Crippen molar-refractivity contribution in [2.45, 2.75) is 26.2 Å². The van der Waals surface area contributed by atoms with E-state index in [0.717, 1.165) is 0 Å². The number of carbonyl (C=O) groups excluding carboxylic acids is 6. The molecule has 10 heteroatoms. The Hall–Kier alpha value is -5.12. The van der Waals surface area contributed by atoms with Gasteiger partial charge in [0.25, 0.3) is 0 Å². The average molecular weight is 514 g/mol. The number of fused-ring (bicyclic) bond motifs is 2. The van der Waals surface area contributed by atoms with Crippen molar-refractivity contribution < 1.29 is 47.7 Å². The number of rotatable bonds is 4. The highest BCUT2D eigenvalue weighted by Crippen LogP contribution is 2.35. The summed E-state index contributed by atoms with van der Waals surface area (Å²) in [6, 6.07) is 12.2. The summed E-state index contributed by atoms with van der Waals surface area (Å²) in [7, 11) is 0. The van der Waals surface area contributed by atoms with E-state index in [2.05, 4.69) is 9.47 Å². The van der Waals surface area contributed by atoms with Crippen molar-refractivity contribution in [3.63, 3.8) is 0 Å². The predicted octanol–water partition coefficient (Wildman–Crippen LogP) is 4.04. The fraction of sp³-hybridized carbons (Fsp3) is 0.143. The molecule has 0 aromatic heterocycles. The largest absolute Gasteiger partial charge is 0.423 e. The van der Waals surface area contributed by atoms with Gasteiger partial charge in [0.1, 0.15) is 11.5 Å². The molecule has 0 aliphatic carbocycles. The zero-order valence-corrected chi connectivity index (χ0v) is 20.3. The van der Waals surface area contributed by atoms with E-state index in [1.165, 1.54) is 48.5 Å². The zero-order valence-electron chi connectivity index (χ0n) is 20.3. The van der Waals surface area contributed by atoms with Crippen LogP contribution < -0.4 is 9.47 Å². The second-order valence-corrected chi connectivity index (χ2v) is 9.56. The lowest BCUT2D eigenvalue weighted by molar-refractivity contribution is 0.0425. The van der Waals surface area contributed by atoms with Crippen LogP contribution in [0.5, 0.6) is 11.5 Å². The van der Waals surface area contributed by atoms with Crippen molar-refractivity contribution in [3.8, 4) is 11.5 Å². The molecule has 0 saturated heterocycles. The molecule has 3 aromatic rings. The average Bonchev–Trinajstić information content (AvgIpc) is 3.32. The summed E-state index contributed by atoms with van der Waals surface area (Å²) in [6.07, 6.45) is 0. The summed E-state index contributed by atoms with van der Waals surface area (Å²) < 4.78 is 20.2. The molecule has 0 spiro atoms. The molecule has 0 unspecified atom stereocenters. The molecule has 0 amide bonds. The number of carbonyl (C=O) groups is 6. The number of hydrogen-bond donors (Lipinski definition) is 0. The first kappa shape index (κ1) is 24.6. The zero-order chi connectivity index (χ0) is 27.4. The highest BCUT2D eigenvalue weighted by molar-refractivity contribution is 6.16. The Balaban J connectivity index is 1.39. The van der Waals surface area contributed by atoms with Gasteiger partial charge in [0, 0.05) is 5.56 Å². The Morgan fingerprint density at radius 1 is 0.605 bits per heavy atom. The fourth-order valence-corrected chi connectivity index (χ4v) is 4.00. The maximum Gasteiger partial charge on any atom is 0.346 e. The van der Waals surface area contributed by atoms with Gasteiger partial charge in [-0.05, 0) is 60.0 Å². The minimum Gasteiger partial charge on any atom is -0.423 e. The van der Waals surface area contributed by atoms with Crippen molar-refractivity contribution in [2.75, 3.05) is 0 Å². The Labute approximate surface area is 215 Å². The van der Waals surface area contributed by atoms with Gasteiger partial charge in [0.05, 0.1) is 33.4 Å². The van der Waals surface area contributed by atoms with Gasteiger partial charge in [-0.25, -0.2) is 28.8 Å². The van der Waals surface area contributed by atoms with Crippen LogP contribution in [-0.4, -0.2) is 35.8 Å². The third-order valence-electron chi connectivity index (χ3n) is 5.93. The van der Waals surface area contributed by atoms with Crippen LogP contribution in [-0.2, 0) is 14.9 Å². The third kappa shape index (κ3) is 4.32. The second-order valence-electron chi connectivity index (χ2n) is 9.56. The smallest absolute Gasteiger partial charge is 0.346 e. The van der Waals surface area contributed by atoms with Crippen LogP contribution in [0.3, 0.4) is 0 Å². The van der Waals surface area contributed by atoms with Crippen LogP contribution in [0.15, 0.2) is 54.6 Å². The maximum atomic E-state index is 12.9. The molecule has 0 radical (unpaired) electrons. The normalized spacial score (nSPS) is 14.0. The predicted molar refractivity (Wildman–Crippen MR) is 127 cm³/mol. The van der Waals surface area contributed by atoms with Gasteiger partial charge in [0.2, 0.25) is 0 Å². The van der Waals surface area contributed by atoms with Gasteiger partial charge in [0.15, 0.2) is 0 Å². The summed E-state index contributed by atoms with van der Waals surface area (Å²) in [4.78, 5) is 72.5. The molecule has 2 aliphatic rings. The topological polar surface area (TPSA) is 139 Å². The molecule has 0 N–H and O–H groups in total. The molecule has 0 saturated carbocycles. The van der Waals surface area contributed by atoms with Crippen LogP contribution in [0.1, 0.15) is 88.5 Å². The monoisotopic (exact) mass is 514 g/mol. The van der Waals surface area contributed by atoms with E-state index < -0.39 is 41.2 Å². The summed E-state index contributed by atoms with van der Waals surface area (Å²) in [5, 5.41) is 0. The lowest BCUT2D eigenvalue weighted by Gasteiger charge is -2.23. The van der Waals surface area contributed by atoms with Crippen molar-refractivity contribution in [1.29, 1.82) is 0 Å². The number of esters is 6. The van der Waals surface area contributed by atoms with Crippen LogP contribution in [0.25, 0.3) is 0 Å². The van der Waals surface area contributed by atoms with Gasteiger partial charge >= 0.3 is 35.8 Å². The Morgan fingerprint density at radius 2 is 1.08 bits per heavy atom. The van der Waals surface area contributed by atoms with E-state index in [9.17, 15) is 28.8 Å². The van der Waals surface area contributed by atoms with E-state index >= 15 is 0 Å². The highest BCUT2D eigenvalue weighted by atomic mass is 16.6. The lowest BCUT2D eigenvalue weighted by Crippen LogP contribution is -2.17. The summed E-state index contributed by atoms with van der Waals surface area (Å²) in [5.41, 5.74) is 0.160. The first-order chi connectivity index (χ1) is 17.9. The van der Waals surface area contributed by atoms with Crippen molar-refractivity contribution in [3.05, 3.63) is 93.5 Å². The van der Waals surface area contributed by atoms with Crippen LogP contribution in [0.2, 0.25) is 0 Å². The Kier molecular flexibility index (Phi) is 5.67. The van der Waals surface area contributed by atoms with Crippen molar-refractivity contribution in [1.82, 2.24) is 0 Å².